The van der Waals surface area contributed by atoms with Gasteiger partial charge in [0.05, 0.1) is 19.1 Å². The molecule has 0 aliphatic carbocycles. The zero-order valence-electron chi connectivity index (χ0n) is 9.77. The van der Waals surface area contributed by atoms with Gasteiger partial charge in [0.2, 0.25) is 5.91 Å². The van der Waals surface area contributed by atoms with Crippen LogP contribution >= 0.6 is 0 Å². The molecule has 4 nitrogen and oxygen atoms in total. The molecule has 4 heteroatoms. The number of amides is 1. The van der Waals surface area contributed by atoms with Crippen molar-refractivity contribution in [2.24, 2.45) is 0 Å². The fourth-order valence-electron chi connectivity index (χ4n) is 1.94. The Balaban J connectivity index is 2.40. The lowest BCUT2D eigenvalue weighted by Gasteiger charge is -2.17. The van der Waals surface area contributed by atoms with Crippen LogP contribution in [0.25, 0.3) is 0 Å². The molecule has 1 heterocycles. The maximum absolute atomic E-state index is 11.9. The molecular formula is C13H13NO3. The lowest BCUT2D eigenvalue weighted by atomic mass is 10.2. The number of para-hydroxylation sites is 1. The lowest BCUT2D eigenvalue weighted by molar-refractivity contribution is -0.136. The van der Waals surface area contributed by atoms with Crippen molar-refractivity contribution >= 4 is 17.6 Å². The first-order valence-electron chi connectivity index (χ1n) is 5.31. The van der Waals surface area contributed by atoms with Crippen LogP contribution in [-0.2, 0) is 14.3 Å². The Kier molecular flexibility index (Phi) is 2.95. The second-order valence-corrected chi connectivity index (χ2v) is 3.80. The molecule has 2 rings (SSSR count). The second kappa shape index (κ2) is 4.41. The molecule has 0 saturated heterocycles. The Morgan fingerprint density at radius 2 is 1.94 bits per heavy atom. The van der Waals surface area contributed by atoms with Crippen molar-refractivity contribution < 1.29 is 14.3 Å². The molecule has 17 heavy (non-hydrogen) atoms. The summed E-state index contributed by atoms with van der Waals surface area (Å²) in [6.45, 7) is 1.75. The van der Waals surface area contributed by atoms with E-state index in [9.17, 15) is 9.59 Å². The molecule has 0 radical (unpaired) electrons. The summed E-state index contributed by atoms with van der Waals surface area (Å²) in [5.41, 5.74) is 1.85. The summed E-state index contributed by atoms with van der Waals surface area (Å²) in [5.74, 6) is -0.539. The summed E-state index contributed by atoms with van der Waals surface area (Å²) in [6, 6.07) is 9.26. The highest BCUT2D eigenvalue weighted by molar-refractivity contribution is 6.09. The Bertz CT molecular complexity index is 491. The first-order chi connectivity index (χ1) is 8.15. The molecule has 0 unspecified atom stereocenters. The third kappa shape index (κ3) is 1.93. The predicted molar refractivity (Wildman–Crippen MR) is 63.3 cm³/mol. The molecule has 1 aromatic rings. The van der Waals surface area contributed by atoms with E-state index in [-0.39, 0.29) is 12.3 Å². The van der Waals surface area contributed by atoms with E-state index >= 15 is 0 Å². The van der Waals surface area contributed by atoms with Crippen LogP contribution in [0.2, 0.25) is 0 Å². The number of hydrogen-bond donors (Lipinski definition) is 0. The topological polar surface area (TPSA) is 46.6 Å². The van der Waals surface area contributed by atoms with E-state index in [2.05, 4.69) is 4.74 Å². The van der Waals surface area contributed by atoms with E-state index in [1.807, 2.05) is 30.3 Å². The van der Waals surface area contributed by atoms with Crippen molar-refractivity contribution in [3.8, 4) is 0 Å². The summed E-state index contributed by atoms with van der Waals surface area (Å²) in [5, 5.41) is 0. The van der Waals surface area contributed by atoms with Crippen LogP contribution in [0.5, 0.6) is 0 Å². The standard InChI is InChI=1S/C13H13NO3/c1-9-11(13(16)17-2)8-12(15)14(9)10-6-4-3-5-7-10/h3-7H,8H2,1-2H3. The molecule has 0 saturated carbocycles. The molecule has 0 atom stereocenters. The number of carbonyl (C=O) groups excluding carboxylic acids is 2. The van der Waals surface area contributed by atoms with E-state index < -0.39 is 5.97 Å². The first kappa shape index (κ1) is 11.4. The van der Waals surface area contributed by atoms with Gasteiger partial charge < -0.3 is 4.74 Å². The zero-order chi connectivity index (χ0) is 12.4. The van der Waals surface area contributed by atoms with Gasteiger partial charge in [0.1, 0.15) is 0 Å². The molecule has 0 fully saturated rings. The van der Waals surface area contributed by atoms with Crippen LogP contribution in [0.1, 0.15) is 13.3 Å². The van der Waals surface area contributed by atoms with Crippen LogP contribution in [0.4, 0.5) is 5.69 Å². The van der Waals surface area contributed by atoms with Crippen molar-refractivity contribution in [1.29, 1.82) is 0 Å². The average Bonchev–Trinajstić information content (AvgIpc) is 2.65. The van der Waals surface area contributed by atoms with E-state index in [1.54, 1.807) is 11.8 Å². The molecule has 1 aromatic carbocycles. The number of esters is 1. The number of ether oxygens (including phenoxy) is 1. The molecule has 1 amide bonds. The van der Waals surface area contributed by atoms with Gasteiger partial charge in [-0.25, -0.2) is 4.79 Å². The largest absolute Gasteiger partial charge is 0.466 e. The van der Waals surface area contributed by atoms with Crippen LogP contribution in [0, 0.1) is 0 Å². The smallest absolute Gasteiger partial charge is 0.336 e. The van der Waals surface area contributed by atoms with Crippen molar-refractivity contribution in [2.75, 3.05) is 12.0 Å². The Labute approximate surface area is 99.5 Å². The SMILES string of the molecule is COC(=O)C1=C(C)N(c2ccccc2)C(=O)C1. The summed E-state index contributed by atoms with van der Waals surface area (Å²) < 4.78 is 4.66. The van der Waals surface area contributed by atoms with Crippen molar-refractivity contribution in [1.82, 2.24) is 0 Å². The third-order valence-corrected chi connectivity index (χ3v) is 2.80. The maximum atomic E-state index is 11.9. The Morgan fingerprint density at radius 3 is 2.53 bits per heavy atom. The molecular weight excluding hydrogens is 218 g/mol. The molecule has 0 spiro atoms. The molecule has 0 N–H and O–H groups in total. The summed E-state index contributed by atoms with van der Waals surface area (Å²) >= 11 is 0. The van der Waals surface area contributed by atoms with E-state index in [4.69, 9.17) is 0 Å². The van der Waals surface area contributed by atoms with Gasteiger partial charge in [0.15, 0.2) is 0 Å². The summed E-state index contributed by atoms with van der Waals surface area (Å²) in [7, 11) is 1.32. The quantitative estimate of drug-likeness (QED) is 0.730. The van der Waals surface area contributed by atoms with Crippen LogP contribution in [-0.4, -0.2) is 19.0 Å². The normalized spacial score (nSPS) is 15.4. The monoisotopic (exact) mass is 231 g/mol. The molecule has 1 aliphatic heterocycles. The van der Waals surface area contributed by atoms with Gasteiger partial charge in [0, 0.05) is 11.4 Å². The number of anilines is 1. The first-order valence-corrected chi connectivity index (χ1v) is 5.31. The number of hydrogen-bond acceptors (Lipinski definition) is 3. The fourth-order valence-corrected chi connectivity index (χ4v) is 1.94. The number of rotatable bonds is 2. The van der Waals surface area contributed by atoms with Gasteiger partial charge in [-0.1, -0.05) is 18.2 Å². The summed E-state index contributed by atoms with van der Waals surface area (Å²) in [4.78, 5) is 24.9. The average molecular weight is 231 g/mol. The minimum Gasteiger partial charge on any atom is -0.466 e. The summed E-state index contributed by atoms with van der Waals surface area (Å²) in [6.07, 6.45) is 0.105. The highest BCUT2D eigenvalue weighted by atomic mass is 16.5. The highest BCUT2D eigenvalue weighted by Gasteiger charge is 2.32. The zero-order valence-corrected chi connectivity index (χ0v) is 9.77. The van der Waals surface area contributed by atoms with Crippen LogP contribution in [0.3, 0.4) is 0 Å². The van der Waals surface area contributed by atoms with Gasteiger partial charge in [-0.2, -0.15) is 0 Å². The minimum absolute atomic E-state index is 0.103. The lowest BCUT2D eigenvalue weighted by Crippen LogP contribution is -2.23. The van der Waals surface area contributed by atoms with Crippen LogP contribution < -0.4 is 4.90 Å². The predicted octanol–water partition coefficient (Wildman–Crippen LogP) is 1.87. The maximum Gasteiger partial charge on any atom is 0.336 e. The van der Waals surface area contributed by atoms with Crippen molar-refractivity contribution in [3.05, 3.63) is 41.6 Å². The Hall–Kier alpha value is -2.10. The van der Waals surface area contributed by atoms with Crippen molar-refractivity contribution in [3.63, 3.8) is 0 Å². The van der Waals surface area contributed by atoms with Gasteiger partial charge in [-0.15, -0.1) is 0 Å². The third-order valence-electron chi connectivity index (χ3n) is 2.80. The molecule has 0 aromatic heterocycles. The van der Waals surface area contributed by atoms with E-state index in [0.29, 0.717) is 11.3 Å². The second-order valence-electron chi connectivity index (χ2n) is 3.80. The van der Waals surface area contributed by atoms with Gasteiger partial charge in [0.25, 0.3) is 0 Å². The minimum atomic E-state index is -0.436. The van der Waals surface area contributed by atoms with Gasteiger partial charge in [-0.3, -0.25) is 9.69 Å². The number of allylic oxidation sites excluding steroid dienone is 1. The van der Waals surface area contributed by atoms with Gasteiger partial charge >= 0.3 is 5.97 Å². The molecule has 1 aliphatic rings. The fraction of sp³-hybridized carbons (Fsp3) is 0.231. The number of carbonyl (C=O) groups is 2. The van der Waals surface area contributed by atoms with E-state index in [1.165, 1.54) is 7.11 Å². The highest BCUT2D eigenvalue weighted by Crippen LogP contribution is 2.30. The van der Waals surface area contributed by atoms with E-state index in [0.717, 1.165) is 5.69 Å². The number of nitrogens with zero attached hydrogens (tertiary/aromatic N) is 1. The Morgan fingerprint density at radius 1 is 1.29 bits per heavy atom. The molecule has 88 valence electrons. The van der Waals surface area contributed by atoms with Crippen molar-refractivity contribution in [2.45, 2.75) is 13.3 Å². The van der Waals surface area contributed by atoms with Gasteiger partial charge in [-0.05, 0) is 19.1 Å². The number of methoxy groups -OCH3 is 1. The molecule has 0 bridgehead atoms. The number of benzene rings is 1. The van der Waals surface area contributed by atoms with Crippen LogP contribution in [0.15, 0.2) is 41.6 Å².